The normalized spacial score (nSPS) is 21.7. The van der Waals surface area contributed by atoms with E-state index in [4.69, 9.17) is 9.47 Å². The highest BCUT2D eigenvalue weighted by molar-refractivity contribution is 5.97. The Kier molecular flexibility index (Phi) is 4.84. The molecule has 2 rings (SSSR count). The van der Waals surface area contributed by atoms with Gasteiger partial charge in [-0.3, -0.25) is 4.79 Å². The maximum Gasteiger partial charge on any atom is 0.255 e. The highest BCUT2D eigenvalue weighted by Gasteiger charge is 2.27. The molecule has 1 amide bonds. The largest absolute Gasteiger partial charge is 0.507 e. The van der Waals surface area contributed by atoms with Crippen LogP contribution in [0, 0.1) is 5.92 Å². The Bertz CT molecular complexity index is 475. The molecule has 0 spiro atoms. The van der Waals surface area contributed by atoms with E-state index in [0.717, 1.165) is 19.4 Å². The average Bonchev–Trinajstić information content (AvgIpc) is 2.92. The number of carbonyl (C=O) groups is 1. The van der Waals surface area contributed by atoms with E-state index >= 15 is 0 Å². The van der Waals surface area contributed by atoms with Gasteiger partial charge in [0.05, 0.1) is 18.8 Å². The number of hydrogen-bond acceptors (Lipinski definition) is 4. The van der Waals surface area contributed by atoms with E-state index in [2.05, 4.69) is 12.2 Å². The summed E-state index contributed by atoms with van der Waals surface area (Å²) in [5, 5.41) is 12.7. The number of methoxy groups -OCH3 is 1. The smallest absolute Gasteiger partial charge is 0.255 e. The van der Waals surface area contributed by atoms with Crippen LogP contribution in [0.2, 0.25) is 0 Å². The van der Waals surface area contributed by atoms with Gasteiger partial charge in [-0.1, -0.05) is 6.92 Å². The van der Waals surface area contributed by atoms with E-state index in [0.29, 0.717) is 18.2 Å². The first-order valence-electron chi connectivity index (χ1n) is 6.92. The quantitative estimate of drug-likeness (QED) is 0.864. The van der Waals surface area contributed by atoms with Gasteiger partial charge in [0.15, 0.2) is 0 Å². The third-order valence-corrected chi connectivity index (χ3v) is 3.72. The molecule has 1 heterocycles. The van der Waals surface area contributed by atoms with E-state index < -0.39 is 0 Å². The molecule has 0 bridgehead atoms. The minimum Gasteiger partial charge on any atom is -0.507 e. The van der Waals surface area contributed by atoms with Crippen LogP contribution in [0.5, 0.6) is 11.5 Å². The van der Waals surface area contributed by atoms with Crippen molar-refractivity contribution >= 4 is 5.91 Å². The molecule has 1 aliphatic rings. The van der Waals surface area contributed by atoms with E-state index in [-0.39, 0.29) is 23.3 Å². The zero-order chi connectivity index (χ0) is 14.5. The monoisotopic (exact) mass is 279 g/mol. The van der Waals surface area contributed by atoms with Crippen LogP contribution in [0.25, 0.3) is 0 Å². The van der Waals surface area contributed by atoms with Gasteiger partial charge in [-0.2, -0.15) is 0 Å². The molecule has 0 aromatic heterocycles. The summed E-state index contributed by atoms with van der Waals surface area (Å²) in [6, 6.07) is 4.65. The zero-order valence-electron chi connectivity index (χ0n) is 11.9. The molecule has 2 unspecified atom stereocenters. The number of benzene rings is 1. The summed E-state index contributed by atoms with van der Waals surface area (Å²) in [4.78, 5) is 12.1. The van der Waals surface area contributed by atoms with Crippen LogP contribution < -0.4 is 10.1 Å². The van der Waals surface area contributed by atoms with Gasteiger partial charge in [-0.15, -0.1) is 0 Å². The van der Waals surface area contributed by atoms with Crippen LogP contribution in [-0.4, -0.2) is 37.4 Å². The van der Waals surface area contributed by atoms with Crippen molar-refractivity contribution in [3.05, 3.63) is 23.8 Å². The molecule has 20 heavy (non-hydrogen) atoms. The molecule has 1 fully saturated rings. The maximum absolute atomic E-state index is 12.1. The van der Waals surface area contributed by atoms with Crippen LogP contribution in [0.15, 0.2) is 18.2 Å². The van der Waals surface area contributed by atoms with Crippen molar-refractivity contribution in [3.8, 4) is 11.5 Å². The molecule has 110 valence electrons. The first-order valence-corrected chi connectivity index (χ1v) is 6.92. The predicted octanol–water partition coefficient (Wildman–Crippen LogP) is 1.95. The lowest BCUT2D eigenvalue weighted by molar-refractivity contribution is 0.0826. The van der Waals surface area contributed by atoms with Gasteiger partial charge in [-0.05, 0) is 25.0 Å². The summed E-state index contributed by atoms with van der Waals surface area (Å²) < 4.78 is 10.6. The third kappa shape index (κ3) is 3.22. The van der Waals surface area contributed by atoms with Crippen molar-refractivity contribution < 1.29 is 19.4 Å². The van der Waals surface area contributed by atoms with E-state index in [1.54, 1.807) is 12.1 Å². The summed E-state index contributed by atoms with van der Waals surface area (Å²) in [7, 11) is 1.51. The zero-order valence-corrected chi connectivity index (χ0v) is 11.9. The first kappa shape index (κ1) is 14.7. The van der Waals surface area contributed by atoms with Gasteiger partial charge in [0.2, 0.25) is 0 Å². The molecule has 1 aliphatic heterocycles. The SMILES string of the molecule is CCC1OCCC1CNC(=O)c1ccc(OC)cc1O. The fourth-order valence-electron chi connectivity index (χ4n) is 2.53. The second-order valence-corrected chi connectivity index (χ2v) is 4.96. The second-order valence-electron chi connectivity index (χ2n) is 4.96. The molecule has 0 aliphatic carbocycles. The standard InChI is InChI=1S/C15H21NO4/c1-3-14-10(6-7-20-14)9-16-15(18)12-5-4-11(19-2)8-13(12)17/h4-5,8,10,14,17H,3,6-7,9H2,1-2H3,(H,16,18). The van der Waals surface area contributed by atoms with Crippen molar-refractivity contribution in [1.29, 1.82) is 0 Å². The minimum atomic E-state index is -0.271. The highest BCUT2D eigenvalue weighted by atomic mass is 16.5. The summed E-state index contributed by atoms with van der Waals surface area (Å²) in [6.45, 7) is 3.41. The van der Waals surface area contributed by atoms with Gasteiger partial charge < -0.3 is 19.9 Å². The Morgan fingerprint density at radius 1 is 1.55 bits per heavy atom. The third-order valence-electron chi connectivity index (χ3n) is 3.72. The number of amides is 1. The second kappa shape index (κ2) is 6.61. The summed E-state index contributed by atoms with van der Waals surface area (Å²) in [5.74, 6) is 0.530. The van der Waals surface area contributed by atoms with E-state index in [1.165, 1.54) is 13.2 Å². The van der Waals surface area contributed by atoms with Crippen molar-refractivity contribution in [2.24, 2.45) is 5.92 Å². The van der Waals surface area contributed by atoms with Crippen LogP contribution in [0.3, 0.4) is 0 Å². The van der Waals surface area contributed by atoms with E-state index in [1.807, 2.05) is 0 Å². The van der Waals surface area contributed by atoms with Gasteiger partial charge in [0.25, 0.3) is 5.91 Å². The number of ether oxygens (including phenoxy) is 2. The number of phenols is 1. The molecular formula is C15H21NO4. The fraction of sp³-hybridized carbons (Fsp3) is 0.533. The molecule has 1 saturated heterocycles. The first-order chi connectivity index (χ1) is 9.65. The lowest BCUT2D eigenvalue weighted by Gasteiger charge is -2.17. The molecule has 1 aromatic rings. The lowest BCUT2D eigenvalue weighted by Crippen LogP contribution is -2.32. The molecule has 5 heteroatoms. The van der Waals surface area contributed by atoms with Crippen molar-refractivity contribution in [1.82, 2.24) is 5.32 Å². The molecular weight excluding hydrogens is 258 g/mol. The molecule has 1 aromatic carbocycles. The Balaban J connectivity index is 1.95. The van der Waals surface area contributed by atoms with Gasteiger partial charge >= 0.3 is 0 Å². The van der Waals surface area contributed by atoms with Gasteiger partial charge in [-0.25, -0.2) is 0 Å². The van der Waals surface area contributed by atoms with Crippen LogP contribution >= 0.6 is 0 Å². The molecule has 2 N–H and O–H groups in total. The summed E-state index contributed by atoms with van der Waals surface area (Å²) >= 11 is 0. The molecule has 0 radical (unpaired) electrons. The van der Waals surface area contributed by atoms with Crippen LogP contribution in [0.1, 0.15) is 30.1 Å². The summed E-state index contributed by atoms with van der Waals surface area (Å²) in [6.07, 6.45) is 2.14. The summed E-state index contributed by atoms with van der Waals surface area (Å²) in [5.41, 5.74) is 0.262. The van der Waals surface area contributed by atoms with E-state index in [9.17, 15) is 9.90 Å². The fourth-order valence-corrected chi connectivity index (χ4v) is 2.53. The minimum absolute atomic E-state index is 0.0726. The van der Waals surface area contributed by atoms with Gasteiger partial charge in [0, 0.05) is 25.1 Å². The van der Waals surface area contributed by atoms with Crippen molar-refractivity contribution in [2.75, 3.05) is 20.3 Å². The number of hydrogen-bond donors (Lipinski definition) is 2. The lowest BCUT2D eigenvalue weighted by atomic mass is 9.99. The Morgan fingerprint density at radius 3 is 3.00 bits per heavy atom. The number of nitrogens with one attached hydrogen (secondary N) is 1. The number of rotatable bonds is 5. The number of carbonyl (C=O) groups excluding carboxylic acids is 1. The molecule has 2 atom stereocenters. The van der Waals surface area contributed by atoms with Crippen molar-refractivity contribution in [3.63, 3.8) is 0 Å². The van der Waals surface area contributed by atoms with Crippen molar-refractivity contribution in [2.45, 2.75) is 25.9 Å². The number of aromatic hydroxyl groups is 1. The Hall–Kier alpha value is -1.75. The molecule has 0 saturated carbocycles. The molecule has 5 nitrogen and oxygen atoms in total. The number of phenolic OH excluding ortho intramolecular Hbond substituents is 1. The maximum atomic E-state index is 12.1. The predicted molar refractivity (Wildman–Crippen MR) is 75.1 cm³/mol. The van der Waals surface area contributed by atoms with Crippen LogP contribution in [-0.2, 0) is 4.74 Å². The van der Waals surface area contributed by atoms with Crippen LogP contribution in [0.4, 0.5) is 0 Å². The average molecular weight is 279 g/mol. The highest BCUT2D eigenvalue weighted by Crippen LogP contribution is 2.25. The topological polar surface area (TPSA) is 67.8 Å². The van der Waals surface area contributed by atoms with Gasteiger partial charge in [0.1, 0.15) is 11.5 Å². The Morgan fingerprint density at radius 2 is 2.35 bits per heavy atom. The Labute approximate surface area is 118 Å².